The van der Waals surface area contributed by atoms with E-state index in [0.717, 1.165) is 31.2 Å². The molecule has 7 nitrogen and oxygen atoms in total. The third kappa shape index (κ3) is 5.12. The molecule has 1 aliphatic carbocycles. The molecule has 1 heterocycles. The zero-order valence-electron chi connectivity index (χ0n) is 18.9. The Balaban J connectivity index is 1.83. The third-order valence-corrected chi connectivity index (χ3v) is 8.52. The first kappa shape index (κ1) is 23.7. The van der Waals surface area contributed by atoms with Crippen molar-refractivity contribution in [3.63, 3.8) is 0 Å². The number of nitrogens with zero attached hydrogens (tertiary/aromatic N) is 2. The van der Waals surface area contributed by atoms with Crippen LogP contribution in [0.15, 0.2) is 23.1 Å². The number of hydrogen-bond donors (Lipinski definition) is 1. The number of anilines is 1. The number of sulfonamides is 1. The Hall–Kier alpha value is -1.93. The molecule has 1 N–H and O–H groups in total. The number of fused-ring (bicyclic) bond motifs is 1. The number of benzene rings is 1. The number of carbonyl (C=O) groups excluding carboxylic acids is 2. The van der Waals surface area contributed by atoms with Gasteiger partial charge in [0.25, 0.3) is 0 Å². The maximum Gasteiger partial charge on any atom is 0.243 e. The lowest BCUT2D eigenvalue weighted by Crippen LogP contribution is -2.50. The lowest BCUT2D eigenvalue weighted by molar-refractivity contribution is -0.126. The molecular formula is C23H35N3O4S. The van der Waals surface area contributed by atoms with E-state index >= 15 is 0 Å². The average Bonchev–Trinajstić information content (AvgIpc) is 3.09. The van der Waals surface area contributed by atoms with Gasteiger partial charge in [0.05, 0.1) is 4.90 Å². The van der Waals surface area contributed by atoms with Crippen LogP contribution in [-0.2, 0) is 26.0 Å². The molecule has 1 aromatic rings. The Labute approximate surface area is 186 Å². The van der Waals surface area contributed by atoms with Gasteiger partial charge >= 0.3 is 0 Å². The number of hydrogen-bond acceptors (Lipinski definition) is 4. The van der Waals surface area contributed by atoms with E-state index in [4.69, 9.17) is 0 Å². The van der Waals surface area contributed by atoms with Crippen LogP contribution in [0.5, 0.6) is 0 Å². The Morgan fingerprint density at radius 1 is 1.06 bits per heavy atom. The fraction of sp³-hybridized carbons (Fsp3) is 0.652. The van der Waals surface area contributed by atoms with E-state index in [1.807, 2.05) is 13.8 Å². The van der Waals surface area contributed by atoms with Crippen molar-refractivity contribution >= 4 is 27.5 Å². The summed E-state index contributed by atoms with van der Waals surface area (Å²) in [5.41, 5.74) is 1.35. The predicted octanol–water partition coefficient (Wildman–Crippen LogP) is 3.22. The van der Waals surface area contributed by atoms with E-state index in [1.165, 1.54) is 41.5 Å². The van der Waals surface area contributed by atoms with Crippen molar-refractivity contribution in [1.82, 2.24) is 9.62 Å². The summed E-state index contributed by atoms with van der Waals surface area (Å²) in [4.78, 5) is 27.3. The van der Waals surface area contributed by atoms with Gasteiger partial charge in [-0.15, -0.1) is 0 Å². The van der Waals surface area contributed by atoms with Gasteiger partial charge in [-0.3, -0.25) is 14.5 Å². The quantitative estimate of drug-likeness (QED) is 0.722. The van der Waals surface area contributed by atoms with Crippen molar-refractivity contribution in [1.29, 1.82) is 0 Å². The van der Waals surface area contributed by atoms with Crippen molar-refractivity contribution in [3.05, 3.63) is 23.8 Å². The van der Waals surface area contributed by atoms with Crippen LogP contribution >= 0.6 is 0 Å². The van der Waals surface area contributed by atoms with Gasteiger partial charge in [0.1, 0.15) is 6.04 Å². The van der Waals surface area contributed by atoms with Crippen LogP contribution in [0, 0.1) is 0 Å². The highest BCUT2D eigenvalue weighted by atomic mass is 32.2. The molecule has 0 radical (unpaired) electrons. The summed E-state index contributed by atoms with van der Waals surface area (Å²) in [6, 6.07) is 4.34. The summed E-state index contributed by atoms with van der Waals surface area (Å²) in [7, 11) is -3.60. The second-order valence-corrected chi connectivity index (χ2v) is 10.5. The maximum atomic E-state index is 13.1. The van der Waals surface area contributed by atoms with Gasteiger partial charge in [0.15, 0.2) is 0 Å². The highest BCUT2D eigenvalue weighted by Crippen LogP contribution is 2.35. The number of rotatable bonds is 6. The SMILES string of the molecule is CCN(CC)S(=O)(=O)c1ccc2c(c1)C[C@@H](C(=O)NC1CCCCCCC1)N2C(C)=O. The molecule has 1 fully saturated rings. The van der Waals surface area contributed by atoms with Gasteiger partial charge in [-0.25, -0.2) is 8.42 Å². The first-order valence-electron chi connectivity index (χ1n) is 11.5. The van der Waals surface area contributed by atoms with Crippen molar-refractivity contribution in [3.8, 4) is 0 Å². The second-order valence-electron chi connectivity index (χ2n) is 8.54. The molecule has 1 aromatic carbocycles. The fourth-order valence-corrected chi connectivity index (χ4v) is 6.31. The molecule has 0 aromatic heterocycles. The molecule has 172 valence electrons. The number of amides is 2. The van der Waals surface area contributed by atoms with Crippen molar-refractivity contribution < 1.29 is 18.0 Å². The summed E-state index contributed by atoms with van der Waals surface area (Å²) >= 11 is 0. The standard InChI is InChI=1S/C23H35N3O4S/c1-4-25(5-2)31(29,30)20-13-14-21-18(15-20)16-22(26(21)17(3)27)23(28)24-19-11-9-7-6-8-10-12-19/h13-15,19,22H,4-12,16H2,1-3H3,(H,24,28)/t22-/m0/s1. The average molecular weight is 450 g/mol. The Bertz CT molecular complexity index is 903. The molecule has 0 bridgehead atoms. The smallest absolute Gasteiger partial charge is 0.243 e. The summed E-state index contributed by atoms with van der Waals surface area (Å²) in [6.07, 6.45) is 8.15. The van der Waals surface area contributed by atoms with Gasteiger partial charge < -0.3 is 5.32 Å². The largest absolute Gasteiger partial charge is 0.352 e. The van der Waals surface area contributed by atoms with Crippen LogP contribution in [0.25, 0.3) is 0 Å². The van der Waals surface area contributed by atoms with Crippen LogP contribution in [0.2, 0.25) is 0 Å². The highest BCUT2D eigenvalue weighted by Gasteiger charge is 2.38. The topological polar surface area (TPSA) is 86.8 Å². The van der Waals surface area contributed by atoms with Crippen molar-refractivity contribution in [2.24, 2.45) is 0 Å². The monoisotopic (exact) mass is 449 g/mol. The predicted molar refractivity (Wildman–Crippen MR) is 121 cm³/mol. The molecule has 8 heteroatoms. The van der Waals surface area contributed by atoms with Crippen LogP contribution in [0.3, 0.4) is 0 Å². The number of carbonyl (C=O) groups is 2. The lowest BCUT2D eigenvalue weighted by Gasteiger charge is -2.27. The molecule has 3 rings (SSSR count). The molecule has 1 saturated carbocycles. The minimum absolute atomic E-state index is 0.143. The van der Waals surface area contributed by atoms with E-state index in [1.54, 1.807) is 12.1 Å². The summed E-state index contributed by atoms with van der Waals surface area (Å²) in [5, 5.41) is 3.17. The van der Waals surface area contributed by atoms with Gasteiger partial charge in [0.2, 0.25) is 21.8 Å². The minimum Gasteiger partial charge on any atom is -0.352 e. The second kappa shape index (κ2) is 10.1. The molecule has 0 saturated heterocycles. The molecule has 2 amide bonds. The number of nitrogens with one attached hydrogen (secondary N) is 1. The van der Waals surface area contributed by atoms with Crippen molar-refractivity contribution in [2.45, 2.75) is 89.1 Å². The maximum absolute atomic E-state index is 13.1. The molecule has 0 spiro atoms. The Morgan fingerprint density at radius 2 is 1.68 bits per heavy atom. The van der Waals surface area contributed by atoms with Gasteiger partial charge in [0, 0.05) is 38.2 Å². The zero-order chi connectivity index (χ0) is 22.6. The lowest BCUT2D eigenvalue weighted by atomic mass is 9.96. The van der Waals surface area contributed by atoms with Gasteiger partial charge in [-0.1, -0.05) is 46.0 Å². The van der Waals surface area contributed by atoms with Gasteiger partial charge in [-0.2, -0.15) is 4.31 Å². The first-order chi connectivity index (χ1) is 14.8. The molecule has 1 atom stereocenters. The van der Waals surface area contributed by atoms with E-state index < -0.39 is 16.1 Å². The highest BCUT2D eigenvalue weighted by molar-refractivity contribution is 7.89. The Morgan fingerprint density at radius 3 is 2.26 bits per heavy atom. The van der Waals surface area contributed by atoms with E-state index in [-0.39, 0.29) is 22.8 Å². The van der Waals surface area contributed by atoms with E-state index in [0.29, 0.717) is 25.2 Å². The molecule has 2 aliphatic rings. The summed E-state index contributed by atoms with van der Waals surface area (Å²) in [5.74, 6) is -0.360. The fourth-order valence-electron chi connectivity index (χ4n) is 4.80. The summed E-state index contributed by atoms with van der Waals surface area (Å²) < 4.78 is 27.2. The minimum atomic E-state index is -3.60. The summed E-state index contributed by atoms with van der Waals surface area (Å²) in [6.45, 7) is 5.85. The molecule has 1 aliphatic heterocycles. The van der Waals surface area contributed by atoms with Crippen LogP contribution in [0.1, 0.15) is 71.3 Å². The Kier molecular flexibility index (Phi) is 7.75. The van der Waals surface area contributed by atoms with E-state index in [9.17, 15) is 18.0 Å². The molecule has 31 heavy (non-hydrogen) atoms. The van der Waals surface area contributed by atoms with Crippen LogP contribution in [-0.4, -0.2) is 49.7 Å². The van der Waals surface area contributed by atoms with Crippen LogP contribution in [0.4, 0.5) is 5.69 Å². The van der Waals surface area contributed by atoms with Crippen molar-refractivity contribution in [2.75, 3.05) is 18.0 Å². The first-order valence-corrected chi connectivity index (χ1v) is 13.0. The molecule has 0 unspecified atom stereocenters. The third-order valence-electron chi connectivity index (χ3n) is 6.47. The normalized spacial score (nSPS) is 20.3. The van der Waals surface area contributed by atoms with E-state index in [2.05, 4.69) is 5.32 Å². The van der Waals surface area contributed by atoms with Gasteiger partial charge in [-0.05, 0) is 36.6 Å². The molecular weight excluding hydrogens is 414 g/mol. The zero-order valence-corrected chi connectivity index (χ0v) is 19.7. The van der Waals surface area contributed by atoms with Crippen LogP contribution < -0.4 is 10.2 Å².